The highest BCUT2D eigenvalue weighted by atomic mass is 16.2. The molecule has 0 aromatic carbocycles. The largest absolute Gasteiger partial charge is 0.350 e. The van der Waals surface area contributed by atoms with Gasteiger partial charge in [0, 0.05) is 11.6 Å². The fourth-order valence-electron chi connectivity index (χ4n) is 0.947. The Morgan fingerprint density at radius 1 is 1.33 bits per heavy atom. The molecule has 1 N–H and O–H groups in total. The van der Waals surface area contributed by atoms with E-state index in [1.807, 2.05) is 27.7 Å². The fourth-order valence-corrected chi connectivity index (χ4v) is 0.947. The van der Waals surface area contributed by atoms with Crippen molar-refractivity contribution in [2.45, 2.75) is 34.2 Å². The molecule has 4 heteroatoms. The molecule has 0 aliphatic carbocycles. The molecule has 4 nitrogen and oxygen atoms in total. The number of amides is 1. The molecule has 1 amide bonds. The number of nitrogens with one attached hydrogen (secondary N) is 1. The predicted molar refractivity (Wildman–Crippen MR) is 58.1 cm³/mol. The van der Waals surface area contributed by atoms with Gasteiger partial charge >= 0.3 is 0 Å². The molecule has 0 saturated heterocycles. The first-order valence-corrected chi connectivity index (χ1v) is 4.95. The number of aromatic nitrogens is 2. The van der Waals surface area contributed by atoms with Gasteiger partial charge in [-0.1, -0.05) is 20.8 Å². The van der Waals surface area contributed by atoms with Gasteiger partial charge in [0.2, 0.25) is 5.91 Å². The third kappa shape index (κ3) is 3.65. The highest BCUT2D eigenvalue weighted by Crippen LogP contribution is 2.12. The van der Waals surface area contributed by atoms with Gasteiger partial charge < -0.3 is 5.32 Å². The van der Waals surface area contributed by atoms with E-state index >= 15 is 0 Å². The monoisotopic (exact) mass is 207 g/mol. The molecular weight excluding hydrogens is 190 g/mol. The zero-order chi connectivity index (χ0) is 11.5. The van der Waals surface area contributed by atoms with Crippen molar-refractivity contribution in [2.24, 2.45) is 5.41 Å². The summed E-state index contributed by atoms with van der Waals surface area (Å²) in [4.78, 5) is 19.8. The van der Waals surface area contributed by atoms with Crippen molar-refractivity contribution >= 4 is 5.91 Å². The molecule has 1 rings (SSSR count). The molecule has 0 fully saturated rings. The normalized spacial score (nSPS) is 11.2. The molecule has 82 valence electrons. The van der Waals surface area contributed by atoms with Crippen LogP contribution < -0.4 is 5.32 Å². The van der Waals surface area contributed by atoms with Gasteiger partial charge in [0.25, 0.3) is 0 Å². The van der Waals surface area contributed by atoms with Gasteiger partial charge in [0.15, 0.2) is 0 Å². The van der Waals surface area contributed by atoms with E-state index in [4.69, 9.17) is 0 Å². The molecule has 1 aromatic rings. The summed E-state index contributed by atoms with van der Waals surface area (Å²) in [6.45, 7) is 7.95. The molecule has 0 aliphatic heterocycles. The number of carbonyl (C=O) groups excluding carboxylic acids is 1. The molecule has 0 saturated carbocycles. The van der Waals surface area contributed by atoms with Crippen molar-refractivity contribution in [2.75, 3.05) is 0 Å². The minimum Gasteiger partial charge on any atom is -0.350 e. The third-order valence-electron chi connectivity index (χ3n) is 1.95. The molecule has 1 aromatic heterocycles. The second kappa shape index (κ2) is 4.38. The first kappa shape index (κ1) is 11.6. The lowest BCUT2D eigenvalue weighted by Crippen LogP contribution is -2.34. The summed E-state index contributed by atoms with van der Waals surface area (Å²) in [6.07, 6.45) is 3.37. The Hall–Kier alpha value is -1.45. The number of carbonyl (C=O) groups is 1. The van der Waals surface area contributed by atoms with E-state index in [1.54, 1.807) is 12.4 Å². The minimum absolute atomic E-state index is 0.0184. The van der Waals surface area contributed by atoms with Gasteiger partial charge in [0.1, 0.15) is 0 Å². The summed E-state index contributed by atoms with van der Waals surface area (Å²) in [5.74, 6) is 0.0184. The molecule has 0 unspecified atom stereocenters. The Kier molecular flexibility index (Phi) is 3.39. The van der Waals surface area contributed by atoms with E-state index in [2.05, 4.69) is 15.3 Å². The smallest absolute Gasteiger partial charge is 0.225 e. The van der Waals surface area contributed by atoms with Crippen LogP contribution in [0.1, 0.15) is 32.2 Å². The highest BCUT2D eigenvalue weighted by Gasteiger charge is 2.20. The van der Waals surface area contributed by atoms with Gasteiger partial charge in [-0.05, 0) is 6.92 Å². The molecule has 0 aliphatic rings. The number of hydrogen-bond acceptors (Lipinski definition) is 3. The van der Waals surface area contributed by atoms with Gasteiger partial charge in [-0.15, -0.1) is 0 Å². The van der Waals surface area contributed by atoms with Crippen LogP contribution in [0.4, 0.5) is 0 Å². The van der Waals surface area contributed by atoms with Gasteiger partial charge in [0.05, 0.1) is 24.1 Å². The van der Waals surface area contributed by atoms with Gasteiger partial charge in [-0.2, -0.15) is 0 Å². The molecule has 0 radical (unpaired) electrons. The quantitative estimate of drug-likeness (QED) is 0.798. The second-order valence-corrected chi connectivity index (χ2v) is 4.58. The van der Waals surface area contributed by atoms with Gasteiger partial charge in [-0.3, -0.25) is 14.8 Å². The van der Waals surface area contributed by atoms with Crippen LogP contribution in [0.5, 0.6) is 0 Å². The third-order valence-corrected chi connectivity index (χ3v) is 1.95. The van der Waals surface area contributed by atoms with Crippen molar-refractivity contribution in [3.8, 4) is 0 Å². The number of rotatable bonds is 2. The molecule has 15 heavy (non-hydrogen) atoms. The molecule has 0 spiro atoms. The van der Waals surface area contributed by atoms with Crippen molar-refractivity contribution in [1.82, 2.24) is 15.3 Å². The predicted octanol–water partition coefficient (Wildman–Crippen LogP) is 1.45. The zero-order valence-corrected chi connectivity index (χ0v) is 9.66. The van der Waals surface area contributed by atoms with Crippen LogP contribution >= 0.6 is 0 Å². The molecule has 0 atom stereocenters. The summed E-state index contributed by atoms with van der Waals surface area (Å²) in [5, 5.41) is 2.82. The fraction of sp³-hybridized carbons (Fsp3) is 0.545. The van der Waals surface area contributed by atoms with Crippen LogP contribution in [0.15, 0.2) is 12.4 Å². The highest BCUT2D eigenvalue weighted by molar-refractivity contribution is 5.81. The van der Waals surface area contributed by atoms with Crippen LogP contribution in [-0.2, 0) is 11.3 Å². The Bertz CT molecular complexity index is 338. The Balaban J connectivity index is 2.51. The zero-order valence-electron chi connectivity index (χ0n) is 9.66. The van der Waals surface area contributed by atoms with Crippen molar-refractivity contribution < 1.29 is 4.79 Å². The molecular formula is C11H17N3O. The van der Waals surface area contributed by atoms with Crippen molar-refractivity contribution in [3.05, 3.63) is 23.8 Å². The molecule has 1 heterocycles. The van der Waals surface area contributed by atoms with Crippen molar-refractivity contribution in [1.29, 1.82) is 0 Å². The Morgan fingerprint density at radius 2 is 2.00 bits per heavy atom. The summed E-state index contributed by atoms with van der Waals surface area (Å²) in [5.41, 5.74) is 1.29. The first-order valence-electron chi connectivity index (χ1n) is 4.95. The van der Waals surface area contributed by atoms with E-state index < -0.39 is 0 Å². The topological polar surface area (TPSA) is 54.9 Å². The van der Waals surface area contributed by atoms with Crippen molar-refractivity contribution in [3.63, 3.8) is 0 Å². The maximum absolute atomic E-state index is 11.5. The molecule has 0 bridgehead atoms. The first-order chi connectivity index (χ1) is 6.89. The van der Waals surface area contributed by atoms with E-state index in [-0.39, 0.29) is 11.3 Å². The number of nitrogens with zero attached hydrogens (tertiary/aromatic N) is 2. The lowest BCUT2D eigenvalue weighted by atomic mass is 9.96. The number of aryl methyl sites for hydroxylation is 1. The van der Waals surface area contributed by atoms with Crippen LogP contribution in [0, 0.1) is 12.3 Å². The summed E-state index contributed by atoms with van der Waals surface area (Å²) in [6, 6.07) is 0. The summed E-state index contributed by atoms with van der Waals surface area (Å²) in [7, 11) is 0. The number of hydrogen-bond donors (Lipinski definition) is 1. The maximum atomic E-state index is 11.5. The Labute approximate surface area is 90.1 Å². The lowest BCUT2D eigenvalue weighted by Gasteiger charge is -2.17. The van der Waals surface area contributed by atoms with Crippen LogP contribution in [0.3, 0.4) is 0 Å². The SMILES string of the molecule is Cc1cnc(CNC(=O)C(C)(C)C)cn1. The van der Waals surface area contributed by atoms with E-state index in [0.29, 0.717) is 6.54 Å². The van der Waals surface area contributed by atoms with E-state index in [9.17, 15) is 4.79 Å². The average Bonchev–Trinajstić information content (AvgIpc) is 2.15. The van der Waals surface area contributed by atoms with E-state index in [0.717, 1.165) is 11.4 Å². The summed E-state index contributed by atoms with van der Waals surface area (Å²) < 4.78 is 0. The second-order valence-electron chi connectivity index (χ2n) is 4.58. The summed E-state index contributed by atoms with van der Waals surface area (Å²) >= 11 is 0. The van der Waals surface area contributed by atoms with E-state index in [1.165, 1.54) is 0 Å². The maximum Gasteiger partial charge on any atom is 0.225 e. The standard InChI is InChI=1S/C11H17N3O/c1-8-5-13-9(6-12-8)7-14-10(15)11(2,3)4/h5-6H,7H2,1-4H3,(H,14,15). The van der Waals surface area contributed by atoms with Gasteiger partial charge in [-0.25, -0.2) is 0 Å². The minimum atomic E-state index is -0.363. The van der Waals surface area contributed by atoms with Crippen LogP contribution in [0.2, 0.25) is 0 Å². The van der Waals surface area contributed by atoms with Crippen LogP contribution in [0.25, 0.3) is 0 Å². The Morgan fingerprint density at radius 3 is 2.47 bits per heavy atom. The van der Waals surface area contributed by atoms with Crippen LogP contribution in [-0.4, -0.2) is 15.9 Å². The lowest BCUT2D eigenvalue weighted by molar-refractivity contribution is -0.128. The average molecular weight is 207 g/mol.